The summed E-state index contributed by atoms with van der Waals surface area (Å²) in [5, 5.41) is 27.0. The van der Waals surface area contributed by atoms with Crippen molar-refractivity contribution in [2.75, 3.05) is 0 Å². The zero-order chi connectivity index (χ0) is 11.6. The highest BCUT2D eigenvalue weighted by Crippen LogP contribution is 2.37. The molecule has 0 aliphatic carbocycles. The molecule has 4 N–H and O–H groups in total. The number of carbonyl (C=O) groups excluding carboxylic acids is 1. The summed E-state index contributed by atoms with van der Waals surface area (Å²) in [6, 6.07) is 1.50. The van der Waals surface area contributed by atoms with E-state index in [2.05, 4.69) is 0 Å². The molecule has 0 aliphatic rings. The van der Waals surface area contributed by atoms with Crippen molar-refractivity contribution in [2.24, 2.45) is 0 Å². The topological polar surface area (TPSA) is 89.8 Å². The second-order valence-electron chi connectivity index (χ2n) is 3.01. The molecule has 82 valence electrons. The molecule has 0 saturated heterocycles. The summed E-state index contributed by atoms with van der Waals surface area (Å²) in [5.41, 5.74) is 1.97. The first-order valence-corrected chi connectivity index (χ1v) is 4.47. The van der Waals surface area contributed by atoms with E-state index in [9.17, 15) is 9.90 Å². The number of phenols is 2. The van der Waals surface area contributed by atoms with Crippen molar-refractivity contribution in [3.63, 3.8) is 0 Å². The Labute approximate surface area is 90.9 Å². The first-order chi connectivity index (χ1) is 6.99. The Morgan fingerprint density at radius 1 is 1.47 bits per heavy atom. The van der Waals surface area contributed by atoms with Crippen LogP contribution in [0.3, 0.4) is 0 Å². The molecule has 1 rings (SSSR count). The standard InChI is InChI=1S/C9H10ClNO4/c1-4(12)8(11-15)5-2-3-6(13)9(14)7(5)10/h2-3,8,11,13-15H,1H3. The zero-order valence-corrected chi connectivity index (χ0v) is 8.62. The van der Waals surface area contributed by atoms with Crippen molar-refractivity contribution in [3.05, 3.63) is 22.7 Å². The maximum absolute atomic E-state index is 11.1. The van der Waals surface area contributed by atoms with Crippen LogP contribution in [0, 0.1) is 0 Å². The number of rotatable bonds is 3. The van der Waals surface area contributed by atoms with Gasteiger partial charge in [-0.15, -0.1) is 0 Å². The summed E-state index contributed by atoms with van der Waals surface area (Å²) in [7, 11) is 0. The van der Waals surface area contributed by atoms with Crippen molar-refractivity contribution < 1.29 is 20.2 Å². The van der Waals surface area contributed by atoms with Gasteiger partial charge in [-0.25, -0.2) is 0 Å². The van der Waals surface area contributed by atoms with Crippen molar-refractivity contribution in [3.8, 4) is 11.5 Å². The smallest absolute Gasteiger partial charge is 0.176 e. The van der Waals surface area contributed by atoms with Gasteiger partial charge in [0.2, 0.25) is 0 Å². The molecule has 5 nitrogen and oxygen atoms in total. The Kier molecular flexibility index (Phi) is 3.52. The molecule has 1 unspecified atom stereocenters. The molecule has 0 aliphatic heterocycles. The number of carbonyl (C=O) groups is 1. The molecule has 1 aromatic rings. The van der Waals surface area contributed by atoms with E-state index in [-0.39, 0.29) is 22.1 Å². The number of hydroxylamine groups is 1. The lowest BCUT2D eigenvalue weighted by molar-refractivity contribution is -0.121. The molecule has 0 radical (unpaired) electrons. The third-order valence-corrected chi connectivity index (χ3v) is 2.37. The fourth-order valence-corrected chi connectivity index (χ4v) is 1.44. The molecule has 0 fully saturated rings. The Hall–Kier alpha value is -1.30. The number of hydrogen-bond acceptors (Lipinski definition) is 5. The minimum atomic E-state index is -1.02. The van der Waals surface area contributed by atoms with Crippen LogP contribution in [0.25, 0.3) is 0 Å². The minimum Gasteiger partial charge on any atom is -0.504 e. The van der Waals surface area contributed by atoms with Gasteiger partial charge in [0.05, 0.1) is 5.02 Å². The van der Waals surface area contributed by atoms with Crippen molar-refractivity contribution in [2.45, 2.75) is 13.0 Å². The number of hydrogen-bond donors (Lipinski definition) is 4. The first-order valence-electron chi connectivity index (χ1n) is 4.09. The molecule has 0 bridgehead atoms. The normalized spacial score (nSPS) is 12.5. The second kappa shape index (κ2) is 4.48. The summed E-state index contributed by atoms with van der Waals surface area (Å²) in [6.45, 7) is 1.26. The highest BCUT2D eigenvalue weighted by molar-refractivity contribution is 6.33. The predicted octanol–water partition coefficient (Wildman–Crippen LogP) is 1.36. The molecule has 0 amide bonds. The van der Waals surface area contributed by atoms with Crippen LogP contribution >= 0.6 is 11.6 Å². The van der Waals surface area contributed by atoms with E-state index in [1.807, 2.05) is 0 Å². The average Bonchev–Trinajstić information content (AvgIpc) is 2.18. The van der Waals surface area contributed by atoms with Gasteiger partial charge >= 0.3 is 0 Å². The fourth-order valence-electron chi connectivity index (χ4n) is 1.17. The summed E-state index contributed by atoms with van der Waals surface area (Å²) >= 11 is 5.70. The van der Waals surface area contributed by atoms with Gasteiger partial charge in [-0.05, 0) is 13.0 Å². The van der Waals surface area contributed by atoms with Crippen molar-refractivity contribution in [1.82, 2.24) is 5.48 Å². The van der Waals surface area contributed by atoms with Crippen LogP contribution in [-0.2, 0) is 4.79 Å². The Bertz CT molecular complexity index is 394. The Balaban J connectivity index is 3.25. The third-order valence-electron chi connectivity index (χ3n) is 1.97. The van der Waals surface area contributed by atoms with Crippen LogP contribution in [0.5, 0.6) is 11.5 Å². The van der Waals surface area contributed by atoms with Crippen LogP contribution < -0.4 is 5.48 Å². The van der Waals surface area contributed by atoms with Gasteiger partial charge in [-0.1, -0.05) is 17.7 Å². The zero-order valence-electron chi connectivity index (χ0n) is 7.86. The lowest BCUT2D eigenvalue weighted by atomic mass is 10.0. The van der Waals surface area contributed by atoms with E-state index >= 15 is 0 Å². The molecular weight excluding hydrogens is 222 g/mol. The Morgan fingerprint density at radius 3 is 2.53 bits per heavy atom. The van der Waals surface area contributed by atoms with E-state index < -0.39 is 11.8 Å². The summed E-state index contributed by atoms with van der Waals surface area (Å²) in [5.74, 6) is -1.27. The monoisotopic (exact) mass is 231 g/mol. The molecular formula is C9H10ClNO4. The summed E-state index contributed by atoms with van der Waals surface area (Å²) in [4.78, 5) is 11.1. The first kappa shape index (κ1) is 11.8. The largest absolute Gasteiger partial charge is 0.504 e. The SMILES string of the molecule is CC(=O)C(NO)c1ccc(O)c(O)c1Cl. The highest BCUT2D eigenvalue weighted by atomic mass is 35.5. The highest BCUT2D eigenvalue weighted by Gasteiger charge is 2.21. The molecule has 0 saturated carbocycles. The molecule has 0 heterocycles. The van der Waals surface area contributed by atoms with Gasteiger partial charge in [0.15, 0.2) is 17.3 Å². The van der Waals surface area contributed by atoms with Gasteiger partial charge in [-0.3, -0.25) is 4.79 Å². The number of benzene rings is 1. The lowest BCUT2D eigenvalue weighted by Crippen LogP contribution is -2.24. The quantitative estimate of drug-likeness (QED) is 0.466. The van der Waals surface area contributed by atoms with Crippen LogP contribution in [-0.4, -0.2) is 21.2 Å². The average molecular weight is 232 g/mol. The number of Topliss-reactive ketones (excluding diaryl/α,β-unsaturated/α-hetero) is 1. The van der Waals surface area contributed by atoms with Gasteiger partial charge in [0, 0.05) is 5.56 Å². The molecule has 6 heteroatoms. The van der Waals surface area contributed by atoms with Gasteiger partial charge in [0.1, 0.15) is 6.04 Å². The maximum atomic E-state index is 11.1. The van der Waals surface area contributed by atoms with Crippen molar-refractivity contribution in [1.29, 1.82) is 0 Å². The van der Waals surface area contributed by atoms with E-state index in [0.717, 1.165) is 0 Å². The van der Waals surface area contributed by atoms with Gasteiger partial charge in [0.25, 0.3) is 0 Å². The Morgan fingerprint density at radius 2 is 2.07 bits per heavy atom. The van der Waals surface area contributed by atoms with Crippen LogP contribution in [0.2, 0.25) is 5.02 Å². The van der Waals surface area contributed by atoms with Crippen molar-refractivity contribution >= 4 is 17.4 Å². The fraction of sp³-hybridized carbons (Fsp3) is 0.222. The van der Waals surface area contributed by atoms with Crippen LogP contribution in [0.1, 0.15) is 18.5 Å². The number of phenolic OH excluding ortho intramolecular Hbond substituents is 2. The van der Waals surface area contributed by atoms with Crippen LogP contribution in [0.4, 0.5) is 0 Å². The lowest BCUT2D eigenvalue weighted by Gasteiger charge is -2.14. The number of nitrogens with one attached hydrogen (secondary N) is 1. The van der Waals surface area contributed by atoms with E-state index in [4.69, 9.17) is 21.9 Å². The second-order valence-corrected chi connectivity index (χ2v) is 3.39. The summed E-state index contributed by atoms with van der Waals surface area (Å²) < 4.78 is 0. The molecule has 0 spiro atoms. The van der Waals surface area contributed by atoms with Crippen LogP contribution in [0.15, 0.2) is 12.1 Å². The van der Waals surface area contributed by atoms with Gasteiger partial charge in [-0.2, -0.15) is 5.48 Å². The molecule has 15 heavy (non-hydrogen) atoms. The summed E-state index contributed by atoms with van der Waals surface area (Å²) in [6.07, 6.45) is 0. The van der Waals surface area contributed by atoms with E-state index in [0.29, 0.717) is 0 Å². The molecule has 1 atom stereocenters. The maximum Gasteiger partial charge on any atom is 0.176 e. The van der Waals surface area contributed by atoms with E-state index in [1.54, 1.807) is 5.48 Å². The number of aromatic hydroxyl groups is 2. The molecule has 1 aromatic carbocycles. The number of halogens is 1. The van der Waals surface area contributed by atoms with E-state index in [1.165, 1.54) is 19.1 Å². The number of ketones is 1. The minimum absolute atomic E-state index is 0.170. The predicted molar refractivity (Wildman–Crippen MR) is 53.1 cm³/mol. The third kappa shape index (κ3) is 2.20. The molecule has 0 aromatic heterocycles. The van der Waals surface area contributed by atoms with Gasteiger partial charge < -0.3 is 15.4 Å².